The topological polar surface area (TPSA) is 61.0 Å². The van der Waals surface area contributed by atoms with Crippen LogP contribution in [0.2, 0.25) is 0 Å². The van der Waals surface area contributed by atoms with Gasteiger partial charge in [0.1, 0.15) is 11.6 Å². The van der Waals surface area contributed by atoms with Crippen molar-refractivity contribution >= 4 is 5.82 Å². The minimum Gasteiger partial charge on any atom is -0.490 e. The molecule has 1 heterocycles. The van der Waals surface area contributed by atoms with Crippen LogP contribution in [-0.4, -0.2) is 16.6 Å². The third-order valence-corrected chi connectivity index (χ3v) is 2.15. The highest BCUT2D eigenvalue weighted by Crippen LogP contribution is 2.15. The number of halogens is 1. The van der Waals surface area contributed by atoms with Crippen molar-refractivity contribution in [3.8, 4) is 5.75 Å². The molecule has 0 aliphatic rings. The summed E-state index contributed by atoms with van der Waals surface area (Å²) >= 11 is 0. The Morgan fingerprint density at radius 2 is 2.06 bits per heavy atom. The standard InChI is InChI=1S/C12H12FN3O/c13-9-3-1-2-4-10(9)17-8-6-12-15-7-5-11(14)16-12/h1-5,7H,6,8H2,(H2,14,15,16). The van der Waals surface area contributed by atoms with Gasteiger partial charge in [0, 0.05) is 12.6 Å². The van der Waals surface area contributed by atoms with E-state index in [9.17, 15) is 4.39 Å². The highest BCUT2D eigenvalue weighted by Gasteiger charge is 2.02. The van der Waals surface area contributed by atoms with Crippen LogP contribution in [0.1, 0.15) is 5.82 Å². The summed E-state index contributed by atoms with van der Waals surface area (Å²) in [4.78, 5) is 8.05. The summed E-state index contributed by atoms with van der Waals surface area (Å²) in [6, 6.07) is 7.88. The molecule has 88 valence electrons. The summed E-state index contributed by atoms with van der Waals surface area (Å²) in [6.07, 6.45) is 2.07. The lowest BCUT2D eigenvalue weighted by Gasteiger charge is -2.06. The lowest BCUT2D eigenvalue weighted by molar-refractivity contribution is 0.302. The first-order valence-corrected chi connectivity index (χ1v) is 5.20. The molecule has 2 N–H and O–H groups in total. The molecule has 0 aliphatic carbocycles. The van der Waals surface area contributed by atoms with Gasteiger partial charge in [0.25, 0.3) is 0 Å². The van der Waals surface area contributed by atoms with Crippen molar-refractivity contribution in [1.82, 2.24) is 9.97 Å². The van der Waals surface area contributed by atoms with Gasteiger partial charge >= 0.3 is 0 Å². The predicted octanol–water partition coefficient (Wildman–Crippen LogP) is 1.82. The third kappa shape index (κ3) is 3.14. The molecule has 0 fully saturated rings. The van der Waals surface area contributed by atoms with Gasteiger partial charge in [-0.15, -0.1) is 0 Å². The van der Waals surface area contributed by atoms with Crippen molar-refractivity contribution < 1.29 is 9.13 Å². The van der Waals surface area contributed by atoms with Crippen LogP contribution in [0.25, 0.3) is 0 Å². The number of para-hydroxylation sites is 1. The molecular weight excluding hydrogens is 221 g/mol. The summed E-state index contributed by atoms with van der Waals surface area (Å²) in [7, 11) is 0. The van der Waals surface area contributed by atoms with Gasteiger partial charge in [0.05, 0.1) is 6.61 Å². The van der Waals surface area contributed by atoms with E-state index in [2.05, 4.69) is 9.97 Å². The van der Waals surface area contributed by atoms with Crippen LogP contribution in [0.3, 0.4) is 0 Å². The minimum atomic E-state index is -0.374. The second kappa shape index (κ2) is 5.25. The molecule has 2 aromatic rings. The molecule has 17 heavy (non-hydrogen) atoms. The molecule has 1 aromatic carbocycles. The molecule has 4 nitrogen and oxygen atoms in total. The molecule has 0 bridgehead atoms. The Balaban J connectivity index is 1.90. The fourth-order valence-electron chi connectivity index (χ4n) is 1.35. The first kappa shape index (κ1) is 11.3. The van der Waals surface area contributed by atoms with Gasteiger partial charge in [0.2, 0.25) is 0 Å². The molecule has 0 radical (unpaired) electrons. The summed E-state index contributed by atoms with van der Waals surface area (Å²) in [5.41, 5.74) is 5.51. The number of hydrogen-bond acceptors (Lipinski definition) is 4. The van der Waals surface area contributed by atoms with E-state index in [4.69, 9.17) is 10.5 Å². The molecular formula is C12H12FN3O. The highest BCUT2D eigenvalue weighted by atomic mass is 19.1. The van der Waals surface area contributed by atoms with Crippen molar-refractivity contribution in [1.29, 1.82) is 0 Å². The van der Waals surface area contributed by atoms with Crippen LogP contribution in [0.4, 0.5) is 10.2 Å². The molecule has 0 amide bonds. The van der Waals surface area contributed by atoms with Crippen LogP contribution in [-0.2, 0) is 6.42 Å². The van der Waals surface area contributed by atoms with Crippen molar-refractivity contribution in [3.05, 3.63) is 48.2 Å². The van der Waals surface area contributed by atoms with E-state index in [0.29, 0.717) is 24.7 Å². The number of nitrogen functional groups attached to an aromatic ring is 1. The number of nitrogens with two attached hydrogens (primary N) is 1. The monoisotopic (exact) mass is 233 g/mol. The maximum Gasteiger partial charge on any atom is 0.165 e. The van der Waals surface area contributed by atoms with E-state index < -0.39 is 0 Å². The SMILES string of the molecule is Nc1ccnc(CCOc2ccccc2F)n1. The van der Waals surface area contributed by atoms with E-state index in [-0.39, 0.29) is 11.6 Å². The molecule has 0 spiro atoms. The van der Waals surface area contributed by atoms with Gasteiger partial charge in [-0.05, 0) is 18.2 Å². The zero-order chi connectivity index (χ0) is 12.1. The van der Waals surface area contributed by atoms with Crippen LogP contribution in [0, 0.1) is 5.82 Å². The quantitative estimate of drug-likeness (QED) is 0.875. The summed E-state index contributed by atoms with van der Waals surface area (Å²) in [6.45, 7) is 0.310. The fraction of sp³-hybridized carbons (Fsp3) is 0.167. The highest BCUT2D eigenvalue weighted by molar-refractivity contribution is 5.25. The Hall–Kier alpha value is -2.17. The Morgan fingerprint density at radius 3 is 2.82 bits per heavy atom. The maximum absolute atomic E-state index is 13.2. The number of aromatic nitrogens is 2. The summed E-state index contributed by atoms with van der Waals surface area (Å²) in [5.74, 6) is 0.861. The Morgan fingerprint density at radius 1 is 1.24 bits per heavy atom. The van der Waals surface area contributed by atoms with E-state index in [1.54, 1.807) is 30.5 Å². The Labute approximate surface area is 98.3 Å². The Bertz CT molecular complexity index is 505. The first-order valence-electron chi connectivity index (χ1n) is 5.20. The Kier molecular flexibility index (Phi) is 3.49. The van der Waals surface area contributed by atoms with Crippen molar-refractivity contribution in [2.24, 2.45) is 0 Å². The van der Waals surface area contributed by atoms with Crippen molar-refractivity contribution in [2.45, 2.75) is 6.42 Å². The van der Waals surface area contributed by atoms with Gasteiger partial charge in [-0.3, -0.25) is 0 Å². The molecule has 0 saturated heterocycles. The minimum absolute atomic E-state index is 0.233. The van der Waals surface area contributed by atoms with Crippen LogP contribution < -0.4 is 10.5 Å². The van der Waals surface area contributed by atoms with Gasteiger partial charge < -0.3 is 10.5 Å². The normalized spacial score (nSPS) is 10.2. The second-order valence-corrected chi connectivity index (χ2v) is 3.43. The predicted molar refractivity (Wildman–Crippen MR) is 62.0 cm³/mol. The number of nitrogens with zero attached hydrogens (tertiary/aromatic N) is 2. The van der Waals surface area contributed by atoms with E-state index in [0.717, 1.165) is 0 Å². The number of benzene rings is 1. The van der Waals surface area contributed by atoms with Gasteiger partial charge in [0.15, 0.2) is 11.6 Å². The van der Waals surface area contributed by atoms with E-state index >= 15 is 0 Å². The lowest BCUT2D eigenvalue weighted by Crippen LogP contribution is -2.06. The third-order valence-electron chi connectivity index (χ3n) is 2.15. The average molecular weight is 233 g/mol. The summed E-state index contributed by atoms with van der Waals surface area (Å²) < 4.78 is 18.5. The fourth-order valence-corrected chi connectivity index (χ4v) is 1.35. The average Bonchev–Trinajstić information content (AvgIpc) is 2.32. The van der Waals surface area contributed by atoms with E-state index in [1.807, 2.05) is 0 Å². The zero-order valence-corrected chi connectivity index (χ0v) is 9.14. The van der Waals surface area contributed by atoms with Gasteiger partial charge in [-0.25, -0.2) is 14.4 Å². The maximum atomic E-state index is 13.2. The van der Waals surface area contributed by atoms with Gasteiger partial charge in [-0.2, -0.15) is 0 Å². The molecule has 0 unspecified atom stereocenters. The van der Waals surface area contributed by atoms with Gasteiger partial charge in [-0.1, -0.05) is 12.1 Å². The van der Waals surface area contributed by atoms with Crippen LogP contribution >= 0.6 is 0 Å². The van der Waals surface area contributed by atoms with Crippen LogP contribution in [0.15, 0.2) is 36.5 Å². The largest absolute Gasteiger partial charge is 0.490 e. The smallest absolute Gasteiger partial charge is 0.165 e. The molecule has 2 rings (SSSR count). The molecule has 0 atom stereocenters. The number of rotatable bonds is 4. The second-order valence-electron chi connectivity index (χ2n) is 3.43. The molecule has 1 aromatic heterocycles. The number of hydrogen-bond donors (Lipinski definition) is 1. The van der Waals surface area contributed by atoms with Crippen molar-refractivity contribution in [2.75, 3.05) is 12.3 Å². The molecule has 5 heteroatoms. The number of anilines is 1. The lowest BCUT2D eigenvalue weighted by atomic mass is 10.3. The number of ether oxygens (including phenoxy) is 1. The van der Waals surface area contributed by atoms with E-state index in [1.165, 1.54) is 6.07 Å². The summed E-state index contributed by atoms with van der Waals surface area (Å²) in [5, 5.41) is 0. The van der Waals surface area contributed by atoms with Crippen molar-refractivity contribution in [3.63, 3.8) is 0 Å². The van der Waals surface area contributed by atoms with Crippen LogP contribution in [0.5, 0.6) is 5.75 Å². The first-order chi connectivity index (χ1) is 8.25. The molecule has 0 saturated carbocycles. The zero-order valence-electron chi connectivity index (χ0n) is 9.14. The molecule has 0 aliphatic heterocycles.